The number of Topliss-reactive ketones (excluding diaryl/α,β-unsaturated/α-hetero) is 1. The van der Waals surface area contributed by atoms with Gasteiger partial charge >= 0.3 is 0 Å². The lowest BCUT2D eigenvalue weighted by Gasteiger charge is -2.06. The molecule has 0 aliphatic carbocycles. The highest BCUT2D eigenvalue weighted by molar-refractivity contribution is 5.81. The zero-order valence-corrected chi connectivity index (χ0v) is 11.7. The molecule has 19 heavy (non-hydrogen) atoms. The van der Waals surface area contributed by atoms with Gasteiger partial charge in [-0.05, 0) is 37.6 Å². The fraction of sp³-hybridized carbons (Fsp3) is 0.438. The van der Waals surface area contributed by atoms with E-state index in [9.17, 15) is 4.79 Å². The van der Waals surface area contributed by atoms with Gasteiger partial charge in [0.25, 0.3) is 0 Å². The van der Waals surface area contributed by atoms with Gasteiger partial charge in [-0.25, -0.2) is 0 Å². The van der Waals surface area contributed by atoms with Crippen LogP contribution in [-0.2, 0) is 11.3 Å². The van der Waals surface area contributed by atoms with Crippen molar-refractivity contribution >= 4 is 16.7 Å². The van der Waals surface area contributed by atoms with Crippen molar-refractivity contribution in [1.82, 2.24) is 4.57 Å². The highest BCUT2D eigenvalue weighted by Crippen LogP contribution is 2.22. The fourth-order valence-corrected chi connectivity index (χ4v) is 2.25. The van der Waals surface area contributed by atoms with E-state index in [0.29, 0.717) is 25.2 Å². The van der Waals surface area contributed by atoms with Gasteiger partial charge < -0.3 is 9.30 Å². The predicted molar refractivity (Wildman–Crippen MR) is 77.6 cm³/mol. The van der Waals surface area contributed by atoms with Crippen LogP contribution in [0.1, 0.15) is 33.1 Å². The Labute approximate surface area is 114 Å². The van der Waals surface area contributed by atoms with Gasteiger partial charge in [0.05, 0.1) is 6.61 Å². The van der Waals surface area contributed by atoms with Crippen molar-refractivity contribution in [2.75, 3.05) is 6.61 Å². The van der Waals surface area contributed by atoms with Crippen LogP contribution >= 0.6 is 0 Å². The standard InChI is InChI=1S/C16H21NO2/c1-3-14(18)6-5-10-17-11-9-13-12-15(19-4-2)7-8-16(13)17/h7-9,11-12H,3-6,10H2,1-2H3. The van der Waals surface area contributed by atoms with Crippen molar-refractivity contribution in [2.24, 2.45) is 0 Å². The summed E-state index contributed by atoms with van der Waals surface area (Å²) < 4.78 is 7.70. The van der Waals surface area contributed by atoms with Crippen LogP contribution in [0.5, 0.6) is 5.75 Å². The topological polar surface area (TPSA) is 31.2 Å². The van der Waals surface area contributed by atoms with Crippen LogP contribution in [0, 0.1) is 0 Å². The maximum absolute atomic E-state index is 11.3. The van der Waals surface area contributed by atoms with E-state index in [1.807, 2.05) is 19.9 Å². The fourth-order valence-electron chi connectivity index (χ4n) is 2.25. The van der Waals surface area contributed by atoms with Crippen molar-refractivity contribution in [1.29, 1.82) is 0 Å². The van der Waals surface area contributed by atoms with Crippen molar-refractivity contribution in [3.8, 4) is 5.75 Å². The number of benzene rings is 1. The number of nitrogens with zero attached hydrogens (tertiary/aromatic N) is 1. The number of carbonyl (C=O) groups is 1. The largest absolute Gasteiger partial charge is 0.494 e. The maximum atomic E-state index is 11.3. The molecule has 3 nitrogen and oxygen atoms in total. The summed E-state index contributed by atoms with van der Waals surface area (Å²) in [5, 5.41) is 1.19. The molecule has 0 amide bonds. The van der Waals surface area contributed by atoms with Crippen LogP contribution < -0.4 is 4.74 Å². The molecular weight excluding hydrogens is 238 g/mol. The van der Waals surface area contributed by atoms with Crippen LogP contribution in [0.2, 0.25) is 0 Å². The summed E-state index contributed by atoms with van der Waals surface area (Å²) in [7, 11) is 0. The number of ketones is 1. The van der Waals surface area contributed by atoms with Crippen molar-refractivity contribution in [3.63, 3.8) is 0 Å². The van der Waals surface area contributed by atoms with Crippen molar-refractivity contribution in [2.45, 2.75) is 39.7 Å². The number of aryl methyl sites for hydroxylation is 1. The first kappa shape index (κ1) is 13.7. The summed E-state index contributed by atoms with van der Waals surface area (Å²) >= 11 is 0. The number of carbonyl (C=O) groups excluding carboxylic acids is 1. The average Bonchev–Trinajstić information content (AvgIpc) is 2.81. The summed E-state index contributed by atoms with van der Waals surface area (Å²) in [4.78, 5) is 11.3. The molecule has 0 N–H and O–H groups in total. The minimum Gasteiger partial charge on any atom is -0.494 e. The molecule has 2 aromatic rings. The average molecular weight is 259 g/mol. The quantitative estimate of drug-likeness (QED) is 0.757. The number of ether oxygens (including phenoxy) is 1. The maximum Gasteiger partial charge on any atom is 0.132 e. The summed E-state index contributed by atoms with van der Waals surface area (Å²) in [6, 6.07) is 8.24. The molecule has 0 aliphatic rings. The highest BCUT2D eigenvalue weighted by Gasteiger charge is 2.04. The van der Waals surface area contributed by atoms with Gasteiger partial charge in [0.2, 0.25) is 0 Å². The van der Waals surface area contributed by atoms with Crippen molar-refractivity contribution in [3.05, 3.63) is 30.5 Å². The van der Waals surface area contributed by atoms with Gasteiger partial charge in [0.1, 0.15) is 11.5 Å². The molecule has 0 bridgehead atoms. The lowest BCUT2D eigenvalue weighted by atomic mass is 10.2. The monoisotopic (exact) mass is 259 g/mol. The zero-order valence-electron chi connectivity index (χ0n) is 11.7. The van der Waals surface area contributed by atoms with Gasteiger partial charge in [-0.3, -0.25) is 4.79 Å². The molecule has 0 saturated carbocycles. The molecule has 0 atom stereocenters. The Kier molecular flexibility index (Phi) is 4.61. The van der Waals surface area contributed by atoms with E-state index in [2.05, 4.69) is 29.0 Å². The third-order valence-corrected chi connectivity index (χ3v) is 3.30. The molecule has 1 aromatic carbocycles. The molecule has 102 valence electrons. The third-order valence-electron chi connectivity index (χ3n) is 3.30. The van der Waals surface area contributed by atoms with E-state index in [1.54, 1.807) is 0 Å². The van der Waals surface area contributed by atoms with Gasteiger partial charge in [0, 0.05) is 36.5 Å². The molecule has 0 fully saturated rings. The zero-order chi connectivity index (χ0) is 13.7. The summed E-state index contributed by atoms with van der Waals surface area (Å²) in [6.45, 7) is 5.48. The number of hydrogen-bond donors (Lipinski definition) is 0. The summed E-state index contributed by atoms with van der Waals surface area (Å²) in [5.41, 5.74) is 1.20. The van der Waals surface area contributed by atoms with E-state index in [1.165, 1.54) is 10.9 Å². The van der Waals surface area contributed by atoms with Crippen LogP contribution in [0.25, 0.3) is 10.9 Å². The number of hydrogen-bond acceptors (Lipinski definition) is 2. The Morgan fingerprint density at radius 1 is 1.26 bits per heavy atom. The Bertz CT molecular complexity index is 557. The highest BCUT2D eigenvalue weighted by atomic mass is 16.5. The molecule has 3 heteroatoms. The smallest absolute Gasteiger partial charge is 0.132 e. The van der Waals surface area contributed by atoms with Gasteiger partial charge in [0.15, 0.2) is 0 Å². The van der Waals surface area contributed by atoms with Crippen molar-refractivity contribution < 1.29 is 9.53 Å². The first-order valence-corrected chi connectivity index (χ1v) is 6.98. The number of aromatic nitrogens is 1. The molecule has 1 aromatic heterocycles. The Hall–Kier alpha value is -1.77. The van der Waals surface area contributed by atoms with Crippen LogP contribution in [0.4, 0.5) is 0 Å². The predicted octanol–water partition coefficient (Wildman–Crippen LogP) is 3.80. The third kappa shape index (κ3) is 3.37. The second-order valence-corrected chi connectivity index (χ2v) is 4.66. The molecule has 0 unspecified atom stereocenters. The lowest BCUT2D eigenvalue weighted by molar-refractivity contribution is -0.118. The molecular formula is C16H21NO2. The van der Waals surface area contributed by atoms with Crippen LogP contribution in [0.3, 0.4) is 0 Å². The molecule has 0 spiro atoms. The molecule has 0 aliphatic heterocycles. The molecule has 0 radical (unpaired) electrons. The number of rotatable bonds is 7. The van der Waals surface area contributed by atoms with Crippen LogP contribution in [0.15, 0.2) is 30.5 Å². The van der Waals surface area contributed by atoms with E-state index in [4.69, 9.17) is 4.74 Å². The van der Waals surface area contributed by atoms with Gasteiger partial charge in [-0.1, -0.05) is 6.92 Å². The van der Waals surface area contributed by atoms with E-state index < -0.39 is 0 Å². The minimum absolute atomic E-state index is 0.343. The summed E-state index contributed by atoms with van der Waals surface area (Å²) in [5.74, 6) is 1.25. The lowest BCUT2D eigenvalue weighted by Crippen LogP contribution is -2.01. The Morgan fingerprint density at radius 3 is 2.84 bits per heavy atom. The van der Waals surface area contributed by atoms with Gasteiger partial charge in [-0.2, -0.15) is 0 Å². The molecule has 0 saturated heterocycles. The van der Waals surface area contributed by atoms with E-state index >= 15 is 0 Å². The second-order valence-electron chi connectivity index (χ2n) is 4.66. The van der Waals surface area contributed by atoms with E-state index in [0.717, 1.165) is 18.7 Å². The number of fused-ring (bicyclic) bond motifs is 1. The van der Waals surface area contributed by atoms with Gasteiger partial charge in [-0.15, -0.1) is 0 Å². The first-order chi connectivity index (χ1) is 9.24. The first-order valence-electron chi connectivity index (χ1n) is 6.98. The molecule has 1 heterocycles. The van der Waals surface area contributed by atoms with E-state index in [-0.39, 0.29) is 0 Å². The minimum atomic E-state index is 0.343. The SMILES string of the molecule is CCOc1ccc2c(ccn2CCCC(=O)CC)c1. The summed E-state index contributed by atoms with van der Waals surface area (Å²) in [6.07, 6.45) is 4.30. The Morgan fingerprint density at radius 2 is 2.11 bits per heavy atom. The Balaban J connectivity index is 2.06. The van der Waals surface area contributed by atoms with Crippen LogP contribution in [-0.4, -0.2) is 17.0 Å². The normalized spacial score (nSPS) is 10.8. The molecule has 2 rings (SSSR count). The second kappa shape index (κ2) is 6.41.